The minimum absolute atomic E-state index is 0.171. The van der Waals surface area contributed by atoms with E-state index in [9.17, 15) is 9.00 Å². The Bertz CT molecular complexity index is 479. The van der Waals surface area contributed by atoms with E-state index < -0.39 is 10.8 Å². The van der Waals surface area contributed by atoms with Crippen molar-refractivity contribution in [1.29, 1.82) is 5.26 Å². The van der Waals surface area contributed by atoms with Crippen LogP contribution in [-0.4, -0.2) is 27.9 Å². The molecule has 0 saturated carbocycles. The normalized spacial score (nSPS) is 11.6. The van der Waals surface area contributed by atoms with Crippen LogP contribution in [0.5, 0.6) is 0 Å². The van der Waals surface area contributed by atoms with Crippen molar-refractivity contribution >= 4 is 16.7 Å². The maximum absolute atomic E-state index is 11.5. The summed E-state index contributed by atoms with van der Waals surface area (Å²) in [6, 6.07) is 3.28. The molecule has 1 rings (SSSR count). The molecule has 5 nitrogen and oxygen atoms in total. The molecule has 0 bridgehead atoms. The average Bonchev–Trinajstić information content (AvgIpc) is 2.28. The Balaban J connectivity index is 3.15. The highest BCUT2D eigenvalue weighted by molar-refractivity contribution is 7.84. The smallest absolute Gasteiger partial charge is 0.252 e. The summed E-state index contributed by atoms with van der Waals surface area (Å²) in [6.07, 6.45) is 2.76. The van der Waals surface area contributed by atoms with Crippen LogP contribution in [0.15, 0.2) is 17.3 Å². The molecule has 0 aromatic carbocycles. The highest BCUT2D eigenvalue weighted by atomic mass is 32.2. The summed E-state index contributed by atoms with van der Waals surface area (Å²) in [5.74, 6) is -0.292. The first-order chi connectivity index (χ1) is 7.60. The molecule has 0 radical (unpaired) electrons. The number of hydrogen-bond donors (Lipinski definition) is 1. The fourth-order valence-corrected chi connectivity index (χ4v) is 1.76. The molecule has 1 aromatic rings. The van der Waals surface area contributed by atoms with Crippen LogP contribution in [0.25, 0.3) is 0 Å². The van der Waals surface area contributed by atoms with Gasteiger partial charge in [-0.2, -0.15) is 5.26 Å². The van der Waals surface area contributed by atoms with Crippen molar-refractivity contribution in [2.45, 2.75) is 11.9 Å². The third-order valence-electron chi connectivity index (χ3n) is 1.84. The number of carbonyl (C=O) groups is 1. The first kappa shape index (κ1) is 12.3. The quantitative estimate of drug-likeness (QED) is 0.826. The van der Waals surface area contributed by atoms with E-state index in [-0.39, 0.29) is 16.5 Å². The molecule has 1 amide bonds. The number of amides is 1. The molecule has 0 aliphatic heterocycles. The Morgan fingerprint density at radius 2 is 2.38 bits per heavy atom. The zero-order valence-corrected chi connectivity index (χ0v) is 9.80. The molecule has 6 heteroatoms. The molecular formula is C10H11N3O2S. The van der Waals surface area contributed by atoms with E-state index >= 15 is 0 Å². The second-order valence-corrected chi connectivity index (χ2v) is 4.30. The highest BCUT2D eigenvalue weighted by Gasteiger charge is 2.12. The van der Waals surface area contributed by atoms with E-state index in [4.69, 9.17) is 5.26 Å². The lowest BCUT2D eigenvalue weighted by Gasteiger charge is -2.04. The lowest BCUT2D eigenvalue weighted by atomic mass is 10.2. The average molecular weight is 237 g/mol. The molecule has 1 atom stereocenters. The second kappa shape index (κ2) is 5.37. The van der Waals surface area contributed by atoms with Gasteiger partial charge >= 0.3 is 0 Å². The maximum atomic E-state index is 11.5. The summed E-state index contributed by atoms with van der Waals surface area (Å²) >= 11 is 0. The van der Waals surface area contributed by atoms with Gasteiger partial charge < -0.3 is 5.32 Å². The van der Waals surface area contributed by atoms with Crippen LogP contribution in [0.4, 0.5) is 0 Å². The summed E-state index contributed by atoms with van der Waals surface area (Å²) in [4.78, 5) is 15.3. The molecule has 84 valence electrons. The van der Waals surface area contributed by atoms with Crippen molar-refractivity contribution < 1.29 is 9.00 Å². The molecule has 0 saturated heterocycles. The first-order valence-electron chi connectivity index (χ1n) is 4.62. The predicted molar refractivity (Wildman–Crippen MR) is 59.3 cm³/mol. The van der Waals surface area contributed by atoms with Gasteiger partial charge in [0.15, 0.2) is 0 Å². The molecule has 1 unspecified atom stereocenters. The van der Waals surface area contributed by atoms with Gasteiger partial charge in [0.25, 0.3) is 5.91 Å². The van der Waals surface area contributed by atoms with Gasteiger partial charge in [-0.3, -0.25) is 9.00 Å². The predicted octanol–water partition coefficient (Wildman–Crippen LogP) is 0.440. The summed E-state index contributed by atoms with van der Waals surface area (Å²) in [7, 11) is -1.33. The minimum Gasteiger partial charge on any atom is -0.352 e. The fourth-order valence-electron chi connectivity index (χ4n) is 1.15. The van der Waals surface area contributed by atoms with Crippen LogP contribution in [-0.2, 0) is 10.8 Å². The monoisotopic (exact) mass is 237 g/mol. The molecule has 0 fully saturated rings. The van der Waals surface area contributed by atoms with Crippen LogP contribution in [0, 0.1) is 11.3 Å². The van der Waals surface area contributed by atoms with E-state index in [0.717, 1.165) is 0 Å². The Kier molecular flexibility index (Phi) is 4.14. The van der Waals surface area contributed by atoms with Gasteiger partial charge in [0.1, 0.15) is 11.1 Å². The van der Waals surface area contributed by atoms with Crippen molar-refractivity contribution in [2.24, 2.45) is 0 Å². The van der Waals surface area contributed by atoms with Crippen molar-refractivity contribution in [3.05, 3.63) is 23.4 Å². The third kappa shape index (κ3) is 2.64. The van der Waals surface area contributed by atoms with Crippen molar-refractivity contribution in [3.63, 3.8) is 0 Å². The summed E-state index contributed by atoms with van der Waals surface area (Å²) in [5.41, 5.74) is 0.470. The third-order valence-corrected chi connectivity index (χ3v) is 2.71. The van der Waals surface area contributed by atoms with E-state index in [1.54, 1.807) is 6.92 Å². The molecule has 16 heavy (non-hydrogen) atoms. The highest BCUT2D eigenvalue weighted by Crippen LogP contribution is 2.11. The minimum atomic E-state index is -1.33. The molecule has 0 spiro atoms. The number of nitrogens with one attached hydrogen (secondary N) is 1. The van der Waals surface area contributed by atoms with E-state index in [1.165, 1.54) is 18.5 Å². The lowest BCUT2D eigenvalue weighted by molar-refractivity contribution is 0.0955. The number of rotatable bonds is 3. The number of pyridine rings is 1. The standard InChI is InChI=1S/C10H11N3O2S/c1-3-12-9(14)8-4-7(5-11)10(13-6-8)16(2)15/h4,6H,3H2,1-2H3,(H,12,14). The van der Waals surface area contributed by atoms with Crippen LogP contribution < -0.4 is 5.32 Å². The van der Waals surface area contributed by atoms with Gasteiger partial charge in [-0.15, -0.1) is 0 Å². The second-order valence-electron chi connectivity index (χ2n) is 3.00. The number of hydrogen-bond acceptors (Lipinski definition) is 4. The first-order valence-corrected chi connectivity index (χ1v) is 6.17. The summed E-state index contributed by atoms with van der Waals surface area (Å²) in [6.45, 7) is 2.30. The molecule has 0 aliphatic rings. The van der Waals surface area contributed by atoms with Crippen molar-refractivity contribution in [1.82, 2.24) is 10.3 Å². The number of nitrogens with zero attached hydrogens (tertiary/aromatic N) is 2. The zero-order chi connectivity index (χ0) is 12.1. The van der Waals surface area contributed by atoms with Gasteiger partial charge in [0, 0.05) is 19.0 Å². The molecule has 1 N–H and O–H groups in total. The van der Waals surface area contributed by atoms with E-state index in [0.29, 0.717) is 12.1 Å². The van der Waals surface area contributed by atoms with Crippen LogP contribution >= 0.6 is 0 Å². The van der Waals surface area contributed by atoms with Gasteiger partial charge in [-0.25, -0.2) is 4.98 Å². The Morgan fingerprint density at radius 3 is 2.88 bits per heavy atom. The van der Waals surface area contributed by atoms with E-state index in [1.807, 2.05) is 6.07 Å². The number of aromatic nitrogens is 1. The zero-order valence-electron chi connectivity index (χ0n) is 8.98. The van der Waals surface area contributed by atoms with Gasteiger partial charge in [-0.05, 0) is 13.0 Å². The molecule has 1 aromatic heterocycles. The van der Waals surface area contributed by atoms with Crippen LogP contribution in [0.1, 0.15) is 22.8 Å². The molecule has 1 heterocycles. The largest absolute Gasteiger partial charge is 0.352 e. The Morgan fingerprint density at radius 1 is 1.69 bits per heavy atom. The maximum Gasteiger partial charge on any atom is 0.252 e. The Labute approximate surface area is 96.0 Å². The van der Waals surface area contributed by atoms with E-state index in [2.05, 4.69) is 10.3 Å². The van der Waals surface area contributed by atoms with Crippen molar-refractivity contribution in [2.75, 3.05) is 12.8 Å². The van der Waals surface area contributed by atoms with Crippen molar-refractivity contribution in [3.8, 4) is 6.07 Å². The molecule has 0 aliphatic carbocycles. The number of nitriles is 1. The van der Waals surface area contributed by atoms with Crippen LogP contribution in [0.2, 0.25) is 0 Å². The van der Waals surface area contributed by atoms with Gasteiger partial charge in [0.2, 0.25) is 0 Å². The van der Waals surface area contributed by atoms with Gasteiger partial charge in [0.05, 0.1) is 21.9 Å². The summed E-state index contributed by atoms with van der Waals surface area (Å²) < 4.78 is 11.2. The van der Waals surface area contributed by atoms with Crippen LogP contribution in [0.3, 0.4) is 0 Å². The Hall–Kier alpha value is -1.74. The SMILES string of the molecule is CCNC(=O)c1cnc(S(C)=O)c(C#N)c1. The summed E-state index contributed by atoms with van der Waals surface area (Å²) in [5, 5.41) is 11.6. The lowest BCUT2D eigenvalue weighted by Crippen LogP contribution is -2.23. The molecular weight excluding hydrogens is 226 g/mol. The topological polar surface area (TPSA) is 82.8 Å². The van der Waals surface area contributed by atoms with Gasteiger partial charge in [-0.1, -0.05) is 0 Å². The number of carbonyl (C=O) groups excluding carboxylic acids is 1. The fraction of sp³-hybridized carbons (Fsp3) is 0.300.